The maximum Gasteiger partial charge on any atom is 0.248 e. The summed E-state index contributed by atoms with van der Waals surface area (Å²) >= 11 is 5.43. The van der Waals surface area contributed by atoms with Gasteiger partial charge in [-0.2, -0.15) is 0 Å². The van der Waals surface area contributed by atoms with Crippen LogP contribution in [-0.2, 0) is 20.9 Å². The van der Waals surface area contributed by atoms with Gasteiger partial charge in [0.1, 0.15) is 6.04 Å². The van der Waals surface area contributed by atoms with E-state index >= 15 is 0 Å². The predicted octanol–water partition coefficient (Wildman–Crippen LogP) is 4.97. The van der Waals surface area contributed by atoms with Crippen LogP contribution < -0.4 is 10.6 Å². The summed E-state index contributed by atoms with van der Waals surface area (Å²) in [5, 5.41) is 18.6. The molecule has 9 heteroatoms. The van der Waals surface area contributed by atoms with Gasteiger partial charge in [0, 0.05) is 22.3 Å². The number of carbonyl (C=O) groups excluding carboxylic acids is 3. The highest BCUT2D eigenvalue weighted by molar-refractivity contribution is 9.09. The second-order valence-electron chi connectivity index (χ2n) is 12.1. The summed E-state index contributed by atoms with van der Waals surface area (Å²) in [6.45, 7) is 4.21. The molecule has 42 heavy (non-hydrogen) atoms. The van der Waals surface area contributed by atoms with Gasteiger partial charge in [0.15, 0.2) is 0 Å². The zero-order valence-corrected chi connectivity index (χ0v) is 26.1. The van der Waals surface area contributed by atoms with Crippen molar-refractivity contribution in [3.63, 3.8) is 0 Å². The zero-order valence-electron chi connectivity index (χ0n) is 23.7. The van der Waals surface area contributed by atoms with Crippen LogP contribution in [0.5, 0.6) is 0 Å². The number of hydrogen-bond donors (Lipinski definition) is 3. The number of benzene rings is 3. The fourth-order valence-corrected chi connectivity index (χ4v) is 10.9. The van der Waals surface area contributed by atoms with Crippen LogP contribution >= 0.6 is 27.7 Å². The summed E-state index contributed by atoms with van der Waals surface area (Å²) < 4.78 is -0.782. The van der Waals surface area contributed by atoms with Crippen molar-refractivity contribution in [2.45, 2.75) is 60.1 Å². The van der Waals surface area contributed by atoms with Crippen molar-refractivity contribution in [2.75, 3.05) is 11.9 Å². The number of fused-ring (bicyclic) bond motifs is 2. The van der Waals surface area contributed by atoms with Gasteiger partial charge in [-0.15, -0.1) is 11.8 Å². The van der Waals surface area contributed by atoms with Crippen LogP contribution in [0.1, 0.15) is 32.3 Å². The van der Waals surface area contributed by atoms with Gasteiger partial charge in [-0.05, 0) is 47.2 Å². The Hall–Kier alpha value is -2.88. The van der Waals surface area contributed by atoms with E-state index in [9.17, 15) is 19.5 Å². The average molecular weight is 651 g/mol. The Morgan fingerprint density at radius 3 is 2.48 bits per heavy atom. The smallest absolute Gasteiger partial charge is 0.248 e. The third kappa shape index (κ3) is 5.03. The highest BCUT2D eigenvalue weighted by atomic mass is 79.9. The Balaban J connectivity index is 1.35. The van der Waals surface area contributed by atoms with Crippen LogP contribution in [0.2, 0.25) is 0 Å². The maximum absolute atomic E-state index is 14.4. The summed E-state index contributed by atoms with van der Waals surface area (Å²) in [5.74, 6) is -1.67. The lowest BCUT2D eigenvalue weighted by Gasteiger charge is -2.37. The standard InChI is InChI=1S/C33H36BrN3O4S/c1-19(2)14-24(18-38)37-29(31(40)36-23-13-12-21-10-6-7-11-22(21)15-23)33-16-25(34)28(42-33)26(27(33)32(37)41)30(39)35-17-20-8-4-3-5-9-20/h3-13,15,19,24-29,38H,14,16-18H2,1-2H3,(H,35,39)(H,36,40)/t24-,25?,26+,27+,28+,29?,33?/m1/s1. The summed E-state index contributed by atoms with van der Waals surface area (Å²) in [6.07, 6.45) is 1.15. The first-order valence-corrected chi connectivity index (χ1v) is 16.4. The molecule has 3 aromatic carbocycles. The van der Waals surface area contributed by atoms with Crippen molar-refractivity contribution in [3.8, 4) is 0 Å². The van der Waals surface area contributed by atoms with E-state index in [4.69, 9.17) is 0 Å². The minimum atomic E-state index is -0.820. The van der Waals surface area contributed by atoms with Gasteiger partial charge in [-0.1, -0.05) is 90.4 Å². The summed E-state index contributed by atoms with van der Waals surface area (Å²) in [5.41, 5.74) is 1.64. The molecule has 0 aliphatic carbocycles. The lowest BCUT2D eigenvalue weighted by molar-refractivity contribution is -0.142. The Labute approximate surface area is 258 Å². The summed E-state index contributed by atoms with van der Waals surface area (Å²) in [6, 6.07) is 22.1. The van der Waals surface area contributed by atoms with Crippen molar-refractivity contribution in [3.05, 3.63) is 78.4 Å². The van der Waals surface area contributed by atoms with E-state index in [1.807, 2.05) is 86.6 Å². The van der Waals surface area contributed by atoms with Gasteiger partial charge in [-0.25, -0.2) is 0 Å². The third-order valence-corrected chi connectivity index (χ3v) is 12.2. The van der Waals surface area contributed by atoms with Gasteiger partial charge in [0.05, 0.1) is 29.2 Å². The third-order valence-electron chi connectivity index (χ3n) is 8.95. The molecule has 3 fully saturated rings. The minimum absolute atomic E-state index is 0.0207. The Kier molecular flexibility index (Phi) is 8.11. The number of nitrogens with zero attached hydrogens (tertiary/aromatic N) is 1. The van der Waals surface area contributed by atoms with Crippen molar-refractivity contribution in [1.82, 2.24) is 10.2 Å². The topological polar surface area (TPSA) is 98.7 Å². The first-order chi connectivity index (χ1) is 20.2. The number of halogens is 1. The number of rotatable bonds is 9. The SMILES string of the molecule is CC(C)C[C@H](CO)N1C(=O)[C@@H]2[C@H](C(=O)NCc3ccccc3)[C@H]3SC2(CC3Br)C1C(=O)Nc1ccc2ccccc2c1. The van der Waals surface area contributed by atoms with Gasteiger partial charge in [0.2, 0.25) is 17.7 Å². The molecule has 3 heterocycles. The number of aliphatic hydroxyl groups excluding tert-OH is 1. The number of alkyl halides is 1. The first-order valence-electron chi connectivity index (χ1n) is 14.6. The quantitative estimate of drug-likeness (QED) is 0.285. The van der Waals surface area contributed by atoms with E-state index < -0.39 is 28.7 Å². The van der Waals surface area contributed by atoms with Gasteiger partial charge < -0.3 is 20.6 Å². The number of anilines is 1. The largest absolute Gasteiger partial charge is 0.394 e. The van der Waals surface area contributed by atoms with Crippen LogP contribution in [0.25, 0.3) is 10.8 Å². The molecule has 0 radical (unpaired) electrons. The number of hydrogen-bond acceptors (Lipinski definition) is 5. The summed E-state index contributed by atoms with van der Waals surface area (Å²) in [4.78, 5) is 44.1. The fraction of sp³-hybridized carbons (Fsp3) is 0.424. The normalized spacial score (nSPS) is 28.7. The van der Waals surface area contributed by atoms with Crippen LogP contribution in [0.15, 0.2) is 72.8 Å². The van der Waals surface area contributed by atoms with Crippen molar-refractivity contribution in [1.29, 1.82) is 0 Å². The number of amides is 3. The highest BCUT2D eigenvalue weighted by Gasteiger charge is 2.76. The number of likely N-dealkylation sites (tertiary alicyclic amines) is 1. The van der Waals surface area contributed by atoms with Crippen LogP contribution in [0, 0.1) is 17.8 Å². The molecule has 7 nitrogen and oxygen atoms in total. The monoisotopic (exact) mass is 649 g/mol. The minimum Gasteiger partial charge on any atom is -0.394 e. The maximum atomic E-state index is 14.4. The van der Waals surface area contributed by atoms with Gasteiger partial charge in [0.25, 0.3) is 0 Å². The second kappa shape index (κ2) is 11.7. The fourth-order valence-electron chi connectivity index (χ4n) is 7.26. The van der Waals surface area contributed by atoms with E-state index in [2.05, 4.69) is 26.6 Å². The Morgan fingerprint density at radius 2 is 1.76 bits per heavy atom. The molecular formula is C33H36BrN3O4S. The molecule has 7 atom stereocenters. The molecular weight excluding hydrogens is 614 g/mol. The second-order valence-corrected chi connectivity index (χ2v) is 14.8. The molecule has 220 valence electrons. The summed E-state index contributed by atoms with van der Waals surface area (Å²) in [7, 11) is 0. The Morgan fingerprint density at radius 1 is 1.05 bits per heavy atom. The molecule has 3 aromatic rings. The molecule has 3 amide bonds. The molecule has 3 aliphatic heterocycles. The van der Waals surface area contributed by atoms with E-state index in [0.29, 0.717) is 25.1 Å². The molecule has 3 N–H and O–H groups in total. The van der Waals surface area contributed by atoms with E-state index in [-0.39, 0.29) is 40.3 Å². The molecule has 0 aromatic heterocycles. The number of aliphatic hydroxyl groups is 1. The molecule has 0 saturated carbocycles. The van der Waals surface area contributed by atoms with Crippen LogP contribution in [-0.4, -0.2) is 61.2 Å². The van der Waals surface area contributed by atoms with E-state index in [0.717, 1.165) is 16.3 Å². The van der Waals surface area contributed by atoms with Crippen molar-refractivity contribution in [2.24, 2.45) is 17.8 Å². The van der Waals surface area contributed by atoms with E-state index in [1.165, 1.54) is 0 Å². The lowest BCUT2D eigenvalue weighted by Crippen LogP contribution is -2.55. The number of nitrogens with one attached hydrogen (secondary N) is 2. The van der Waals surface area contributed by atoms with Gasteiger partial charge >= 0.3 is 0 Å². The van der Waals surface area contributed by atoms with Crippen molar-refractivity contribution < 1.29 is 19.5 Å². The molecule has 3 aliphatic rings. The van der Waals surface area contributed by atoms with Crippen LogP contribution in [0.4, 0.5) is 5.69 Å². The van der Waals surface area contributed by atoms with Gasteiger partial charge in [-0.3, -0.25) is 14.4 Å². The first kappa shape index (κ1) is 29.2. The number of thioether (sulfide) groups is 1. The zero-order chi connectivity index (χ0) is 29.6. The highest BCUT2D eigenvalue weighted by Crippen LogP contribution is 2.68. The lowest BCUT2D eigenvalue weighted by atomic mass is 9.70. The molecule has 3 unspecified atom stereocenters. The van der Waals surface area contributed by atoms with Crippen LogP contribution in [0.3, 0.4) is 0 Å². The van der Waals surface area contributed by atoms with Crippen molar-refractivity contribution >= 4 is 61.9 Å². The molecule has 3 saturated heterocycles. The van der Waals surface area contributed by atoms with E-state index in [1.54, 1.807) is 16.7 Å². The molecule has 6 rings (SSSR count). The average Bonchev–Trinajstić information content (AvgIpc) is 3.58. The molecule has 1 spiro atoms. The predicted molar refractivity (Wildman–Crippen MR) is 170 cm³/mol. The Bertz CT molecular complexity index is 1500. The molecule has 2 bridgehead atoms. The number of carbonyl (C=O) groups is 3.